The Balaban J connectivity index is 3.64. The van der Waals surface area contributed by atoms with Gasteiger partial charge in [0.2, 0.25) is 5.91 Å². The largest absolute Gasteiger partial charge is 0.480 e. The van der Waals surface area contributed by atoms with E-state index in [0.29, 0.717) is 6.42 Å². The Labute approximate surface area is 141 Å². The maximum absolute atomic E-state index is 11.2. The predicted molar refractivity (Wildman–Crippen MR) is 94.3 cm³/mol. The number of primary amides is 1. The van der Waals surface area contributed by atoms with Gasteiger partial charge in [0.15, 0.2) is 0 Å². The number of carbonyl (C=O) groups excluding carboxylic acids is 1. The summed E-state index contributed by atoms with van der Waals surface area (Å²) in [5.74, 6) is -1.32. The number of likely N-dealkylation sites (N-methyl/N-ethyl adjacent to an activating group) is 1. The normalized spacial score (nSPS) is 12.5. The summed E-state index contributed by atoms with van der Waals surface area (Å²) < 4.78 is 0. The second-order valence-corrected chi connectivity index (χ2v) is 6.52. The van der Waals surface area contributed by atoms with Crippen LogP contribution in [0.25, 0.3) is 0 Å². The van der Waals surface area contributed by atoms with Gasteiger partial charge in [0.1, 0.15) is 6.04 Å². The van der Waals surface area contributed by atoms with Gasteiger partial charge in [-0.15, -0.1) is 0 Å². The van der Waals surface area contributed by atoms with Gasteiger partial charge in [0, 0.05) is 6.42 Å². The summed E-state index contributed by atoms with van der Waals surface area (Å²) in [5.41, 5.74) is 5.10. The van der Waals surface area contributed by atoms with Crippen LogP contribution in [0.15, 0.2) is 0 Å². The lowest BCUT2D eigenvalue weighted by Gasteiger charge is -2.24. The Hall–Kier alpha value is -1.10. The number of amides is 1. The van der Waals surface area contributed by atoms with Crippen LogP contribution in [-0.2, 0) is 9.59 Å². The zero-order valence-corrected chi connectivity index (χ0v) is 15.1. The summed E-state index contributed by atoms with van der Waals surface area (Å²) in [5, 5.41) is 9.22. The smallest absolute Gasteiger partial charge is 0.320 e. The molecule has 0 aliphatic heterocycles. The first-order valence-electron chi connectivity index (χ1n) is 9.20. The van der Waals surface area contributed by atoms with E-state index >= 15 is 0 Å². The van der Waals surface area contributed by atoms with Crippen molar-refractivity contribution in [1.82, 2.24) is 4.90 Å². The van der Waals surface area contributed by atoms with Gasteiger partial charge < -0.3 is 10.8 Å². The van der Waals surface area contributed by atoms with Crippen molar-refractivity contribution >= 4 is 11.9 Å². The fraction of sp³-hybridized carbons (Fsp3) is 0.889. The van der Waals surface area contributed by atoms with Gasteiger partial charge >= 0.3 is 5.97 Å². The molecule has 0 aliphatic carbocycles. The van der Waals surface area contributed by atoms with Gasteiger partial charge in [-0.05, 0) is 26.4 Å². The van der Waals surface area contributed by atoms with Crippen molar-refractivity contribution in [3.05, 3.63) is 0 Å². The standard InChI is InChI=1S/C18H36N2O3/c1-3-4-5-6-7-8-9-10-11-12-15-20(2)16(18(22)23)13-14-17(19)21/h16H,3-15H2,1-2H3,(H2,19,21)(H,22,23)/t16-/m0/s1. The van der Waals surface area contributed by atoms with Crippen LogP contribution in [-0.4, -0.2) is 41.5 Å². The first-order chi connectivity index (χ1) is 11.0. The van der Waals surface area contributed by atoms with Crippen LogP contribution in [0.4, 0.5) is 0 Å². The fourth-order valence-corrected chi connectivity index (χ4v) is 2.82. The summed E-state index contributed by atoms with van der Waals surface area (Å²) in [6, 6.07) is -0.610. The number of hydrogen-bond donors (Lipinski definition) is 2. The number of carboxylic acid groups (broad SMARTS) is 1. The van der Waals surface area contributed by atoms with E-state index in [1.54, 1.807) is 0 Å². The fourth-order valence-electron chi connectivity index (χ4n) is 2.82. The highest BCUT2D eigenvalue weighted by molar-refractivity contribution is 5.77. The highest BCUT2D eigenvalue weighted by atomic mass is 16.4. The molecule has 0 spiro atoms. The maximum Gasteiger partial charge on any atom is 0.320 e. The highest BCUT2D eigenvalue weighted by Crippen LogP contribution is 2.12. The minimum atomic E-state index is -0.874. The van der Waals surface area contributed by atoms with Crippen LogP contribution in [0, 0.1) is 0 Å². The van der Waals surface area contributed by atoms with E-state index in [0.717, 1.165) is 19.4 Å². The number of nitrogens with zero attached hydrogens (tertiary/aromatic N) is 1. The molecule has 0 aromatic rings. The molecule has 3 N–H and O–H groups in total. The molecule has 0 saturated carbocycles. The van der Waals surface area contributed by atoms with Crippen molar-refractivity contribution in [1.29, 1.82) is 0 Å². The number of hydrogen-bond acceptors (Lipinski definition) is 3. The molecule has 0 aliphatic rings. The summed E-state index contributed by atoms with van der Waals surface area (Å²) in [6.07, 6.45) is 13.1. The van der Waals surface area contributed by atoms with Crippen LogP contribution < -0.4 is 5.73 Å². The summed E-state index contributed by atoms with van der Waals surface area (Å²) >= 11 is 0. The monoisotopic (exact) mass is 328 g/mol. The summed E-state index contributed by atoms with van der Waals surface area (Å²) in [6.45, 7) is 2.99. The molecule has 1 amide bonds. The molecule has 0 fully saturated rings. The van der Waals surface area contributed by atoms with Crippen LogP contribution in [0.5, 0.6) is 0 Å². The second kappa shape index (κ2) is 14.5. The first kappa shape index (κ1) is 21.9. The topological polar surface area (TPSA) is 83.6 Å². The lowest BCUT2D eigenvalue weighted by atomic mass is 10.1. The van der Waals surface area contributed by atoms with Gasteiger partial charge in [0.05, 0.1) is 0 Å². The lowest BCUT2D eigenvalue weighted by Crippen LogP contribution is -2.39. The molecule has 0 saturated heterocycles. The molecule has 5 nitrogen and oxygen atoms in total. The van der Waals surface area contributed by atoms with Gasteiger partial charge in [-0.3, -0.25) is 14.5 Å². The molecule has 1 atom stereocenters. The van der Waals surface area contributed by atoms with Crippen molar-refractivity contribution in [3.63, 3.8) is 0 Å². The zero-order chi connectivity index (χ0) is 17.5. The maximum atomic E-state index is 11.2. The number of rotatable bonds is 16. The first-order valence-corrected chi connectivity index (χ1v) is 9.20. The highest BCUT2D eigenvalue weighted by Gasteiger charge is 2.22. The van der Waals surface area contributed by atoms with E-state index in [2.05, 4.69) is 6.92 Å². The van der Waals surface area contributed by atoms with Gasteiger partial charge in [0.25, 0.3) is 0 Å². The molecule has 0 radical (unpaired) electrons. The van der Waals surface area contributed by atoms with Gasteiger partial charge in [-0.25, -0.2) is 0 Å². The Bertz CT molecular complexity index is 321. The third-order valence-electron chi connectivity index (χ3n) is 4.35. The van der Waals surface area contributed by atoms with E-state index in [9.17, 15) is 14.7 Å². The van der Waals surface area contributed by atoms with Crippen LogP contribution >= 0.6 is 0 Å². The van der Waals surface area contributed by atoms with Gasteiger partial charge in [-0.2, -0.15) is 0 Å². The number of aliphatic carboxylic acids is 1. The summed E-state index contributed by atoms with van der Waals surface area (Å²) in [7, 11) is 1.81. The molecule has 0 aromatic heterocycles. The average Bonchev–Trinajstić information content (AvgIpc) is 2.48. The van der Waals surface area contributed by atoms with Crippen molar-refractivity contribution in [2.24, 2.45) is 5.73 Å². The lowest BCUT2D eigenvalue weighted by molar-refractivity contribution is -0.143. The van der Waals surface area contributed by atoms with Crippen molar-refractivity contribution < 1.29 is 14.7 Å². The quantitative estimate of drug-likeness (QED) is 0.424. The third-order valence-corrected chi connectivity index (χ3v) is 4.35. The van der Waals surface area contributed by atoms with Crippen molar-refractivity contribution in [2.75, 3.05) is 13.6 Å². The molecule has 136 valence electrons. The Morgan fingerprint density at radius 2 is 1.43 bits per heavy atom. The van der Waals surface area contributed by atoms with Crippen molar-refractivity contribution in [3.8, 4) is 0 Å². The van der Waals surface area contributed by atoms with Crippen molar-refractivity contribution in [2.45, 2.75) is 90.0 Å². The molecular formula is C18H36N2O3. The van der Waals surface area contributed by atoms with E-state index in [1.165, 1.54) is 51.4 Å². The van der Waals surface area contributed by atoms with E-state index in [4.69, 9.17) is 5.73 Å². The second-order valence-electron chi connectivity index (χ2n) is 6.52. The number of nitrogens with two attached hydrogens (primary N) is 1. The molecule has 0 unspecified atom stereocenters. The third kappa shape index (κ3) is 13.1. The molecular weight excluding hydrogens is 292 g/mol. The molecule has 0 rings (SSSR count). The minimum Gasteiger partial charge on any atom is -0.480 e. The number of unbranched alkanes of at least 4 members (excludes halogenated alkanes) is 9. The Morgan fingerprint density at radius 3 is 1.87 bits per heavy atom. The molecule has 23 heavy (non-hydrogen) atoms. The van der Waals surface area contributed by atoms with E-state index < -0.39 is 17.9 Å². The van der Waals surface area contributed by atoms with Crippen LogP contribution in [0.3, 0.4) is 0 Å². The predicted octanol–water partition coefficient (Wildman–Crippen LogP) is 3.56. The zero-order valence-electron chi connectivity index (χ0n) is 15.1. The van der Waals surface area contributed by atoms with Gasteiger partial charge in [-0.1, -0.05) is 64.7 Å². The Morgan fingerprint density at radius 1 is 0.957 bits per heavy atom. The SMILES string of the molecule is CCCCCCCCCCCCN(C)[C@@H](CCC(N)=O)C(=O)O. The molecule has 0 aromatic carbocycles. The molecule has 0 heterocycles. The van der Waals surface area contributed by atoms with Crippen LogP contribution in [0.2, 0.25) is 0 Å². The van der Waals surface area contributed by atoms with Crippen LogP contribution in [0.1, 0.15) is 84.0 Å². The number of carboxylic acids is 1. The minimum absolute atomic E-state index is 0.124. The van der Waals surface area contributed by atoms with E-state index in [1.807, 2.05) is 11.9 Å². The Kier molecular flexibility index (Phi) is 13.8. The average molecular weight is 328 g/mol. The molecule has 5 heteroatoms. The summed E-state index contributed by atoms with van der Waals surface area (Å²) in [4.78, 5) is 23.9. The van der Waals surface area contributed by atoms with E-state index in [-0.39, 0.29) is 6.42 Å². The number of carbonyl (C=O) groups is 2. The molecule has 0 bridgehead atoms.